The highest BCUT2D eigenvalue weighted by atomic mass is 16.5. The maximum Gasteiger partial charge on any atom is 0.254 e. The van der Waals surface area contributed by atoms with E-state index in [1.54, 1.807) is 13.3 Å². The molecule has 3 fully saturated rings. The minimum absolute atomic E-state index is 0.0885. The summed E-state index contributed by atoms with van der Waals surface area (Å²) in [6, 6.07) is 11.2. The fourth-order valence-electron chi connectivity index (χ4n) is 6.09. The van der Waals surface area contributed by atoms with Crippen LogP contribution in [-0.4, -0.2) is 80.0 Å². The molecule has 4 unspecified atom stereocenters. The van der Waals surface area contributed by atoms with Crippen LogP contribution in [0.2, 0.25) is 0 Å². The van der Waals surface area contributed by atoms with Crippen molar-refractivity contribution in [3.05, 3.63) is 58.8 Å². The molecule has 0 bridgehead atoms. The molecule has 39 heavy (non-hydrogen) atoms. The summed E-state index contributed by atoms with van der Waals surface area (Å²) in [5.41, 5.74) is 4.14. The molecule has 4 atom stereocenters. The number of anilines is 1. The molecule has 5 rings (SSSR count). The first-order valence-electron chi connectivity index (χ1n) is 14.6. The first-order valence-corrected chi connectivity index (χ1v) is 14.6. The molecule has 0 radical (unpaired) electrons. The van der Waals surface area contributed by atoms with E-state index in [4.69, 9.17) is 14.2 Å². The Bertz CT molecular complexity index is 1090. The Morgan fingerprint density at radius 3 is 2.64 bits per heavy atom. The van der Waals surface area contributed by atoms with Crippen LogP contribution in [0.5, 0.6) is 0 Å². The van der Waals surface area contributed by atoms with Crippen molar-refractivity contribution in [2.24, 2.45) is 0 Å². The minimum atomic E-state index is 0.0885. The maximum absolute atomic E-state index is 13.5. The first kappa shape index (κ1) is 28.0. The average molecular weight is 537 g/mol. The zero-order valence-corrected chi connectivity index (χ0v) is 23.7. The molecule has 8 nitrogen and oxygen atoms in total. The summed E-state index contributed by atoms with van der Waals surface area (Å²) < 4.78 is 17.6. The second kappa shape index (κ2) is 13.2. The van der Waals surface area contributed by atoms with Crippen molar-refractivity contribution in [1.82, 2.24) is 15.2 Å². The topological polar surface area (TPSA) is 85.0 Å². The largest absolute Gasteiger partial charge is 0.379 e. The van der Waals surface area contributed by atoms with E-state index in [0.29, 0.717) is 25.2 Å². The lowest BCUT2D eigenvalue weighted by Gasteiger charge is -2.38. The summed E-state index contributed by atoms with van der Waals surface area (Å²) >= 11 is 0. The summed E-state index contributed by atoms with van der Waals surface area (Å²) in [5, 5.41) is 7.25. The molecule has 8 heteroatoms. The summed E-state index contributed by atoms with van der Waals surface area (Å²) in [7, 11) is 1.75. The Labute approximate surface area is 232 Å². The Morgan fingerprint density at radius 1 is 1.08 bits per heavy atom. The van der Waals surface area contributed by atoms with E-state index >= 15 is 0 Å². The van der Waals surface area contributed by atoms with Gasteiger partial charge in [-0.05, 0) is 64.0 Å². The van der Waals surface area contributed by atoms with Gasteiger partial charge in [-0.15, -0.1) is 0 Å². The number of hydrogen-bond acceptors (Lipinski definition) is 7. The maximum atomic E-state index is 13.5. The van der Waals surface area contributed by atoms with Crippen molar-refractivity contribution < 1.29 is 19.0 Å². The van der Waals surface area contributed by atoms with Crippen molar-refractivity contribution in [2.75, 3.05) is 45.3 Å². The highest BCUT2D eigenvalue weighted by molar-refractivity contribution is 5.96. The Kier molecular flexibility index (Phi) is 9.50. The summed E-state index contributed by atoms with van der Waals surface area (Å²) in [6.45, 7) is 7.69. The van der Waals surface area contributed by atoms with Gasteiger partial charge in [0, 0.05) is 62.8 Å². The third-order valence-corrected chi connectivity index (χ3v) is 8.57. The lowest BCUT2D eigenvalue weighted by atomic mass is 9.97. The second-order valence-electron chi connectivity index (χ2n) is 11.3. The number of aromatic nitrogens is 1. The molecule has 1 amide bonds. The normalized spacial score (nSPS) is 26.4. The van der Waals surface area contributed by atoms with Crippen LogP contribution in [-0.2, 0) is 14.2 Å². The van der Waals surface area contributed by atoms with Gasteiger partial charge in [0.25, 0.3) is 5.91 Å². The van der Waals surface area contributed by atoms with Crippen LogP contribution in [0.15, 0.2) is 36.5 Å². The van der Waals surface area contributed by atoms with E-state index in [-0.39, 0.29) is 24.2 Å². The van der Waals surface area contributed by atoms with E-state index in [1.807, 2.05) is 17.9 Å². The number of nitrogens with one attached hydrogen (secondary N) is 2. The van der Waals surface area contributed by atoms with E-state index in [1.165, 1.54) is 11.1 Å². The van der Waals surface area contributed by atoms with Gasteiger partial charge in [0.05, 0.1) is 24.9 Å². The van der Waals surface area contributed by atoms with Gasteiger partial charge < -0.3 is 29.7 Å². The molecule has 3 aliphatic heterocycles. The lowest BCUT2D eigenvalue weighted by Crippen LogP contribution is -2.54. The molecular weight excluding hydrogens is 492 g/mol. The smallest absolute Gasteiger partial charge is 0.254 e. The van der Waals surface area contributed by atoms with Crippen molar-refractivity contribution in [3.63, 3.8) is 0 Å². The molecule has 3 saturated heterocycles. The van der Waals surface area contributed by atoms with Crippen LogP contribution in [0.4, 0.5) is 5.82 Å². The molecule has 212 valence electrons. The third kappa shape index (κ3) is 6.98. The molecule has 0 saturated carbocycles. The van der Waals surface area contributed by atoms with Gasteiger partial charge in [-0.1, -0.05) is 29.8 Å². The molecule has 0 spiro atoms. The number of benzene rings is 1. The van der Waals surface area contributed by atoms with E-state index in [9.17, 15) is 4.79 Å². The van der Waals surface area contributed by atoms with Crippen LogP contribution in [0.25, 0.3) is 0 Å². The van der Waals surface area contributed by atoms with Gasteiger partial charge >= 0.3 is 0 Å². The Balaban J connectivity index is 1.13. The average Bonchev–Trinajstić information content (AvgIpc) is 2.97. The molecule has 4 heterocycles. The molecule has 1 aromatic carbocycles. The summed E-state index contributed by atoms with van der Waals surface area (Å²) in [4.78, 5) is 20.0. The minimum Gasteiger partial charge on any atom is -0.379 e. The predicted molar refractivity (Wildman–Crippen MR) is 152 cm³/mol. The number of aryl methyl sites for hydroxylation is 1. The molecule has 2 aromatic rings. The Hall–Kier alpha value is -2.52. The van der Waals surface area contributed by atoms with Gasteiger partial charge in [0.15, 0.2) is 0 Å². The lowest BCUT2D eigenvalue weighted by molar-refractivity contribution is -0.0533. The molecular formula is C31H44N4O4. The zero-order chi connectivity index (χ0) is 27.2. The number of carbonyl (C=O) groups excluding carboxylic acids is 1. The van der Waals surface area contributed by atoms with Crippen molar-refractivity contribution in [2.45, 2.75) is 82.8 Å². The SMILES string of the molecule is COC1COCCC1NC1CCN(C(=O)c2ccnc(NCC3CCCC(c4ccc(C)cc4)O3)c2C)CC1. The molecule has 0 aliphatic carbocycles. The highest BCUT2D eigenvalue weighted by Gasteiger charge is 2.31. The number of likely N-dealkylation sites (tertiary alicyclic amines) is 1. The van der Waals surface area contributed by atoms with Crippen molar-refractivity contribution in [3.8, 4) is 0 Å². The van der Waals surface area contributed by atoms with Crippen LogP contribution in [0.1, 0.15) is 71.7 Å². The zero-order valence-electron chi connectivity index (χ0n) is 23.7. The van der Waals surface area contributed by atoms with Crippen molar-refractivity contribution >= 4 is 11.7 Å². The van der Waals surface area contributed by atoms with Crippen LogP contribution in [0.3, 0.4) is 0 Å². The number of hydrogen-bond donors (Lipinski definition) is 2. The van der Waals surface area contributed by atoms with Crippen molar-refractivity contribution in [1.29, 1.82) is 0 Å². The molecule has 1 aromatic heterocycles. The van der Waals surface area contributed by atoms with E-state index < -0.39 is 0 Å². The monoisotopic (exact) mass is 536 g/mol. The second-order valence-corrected chi connectivity index (χ2v) is 11.3. The number of piperidine rings is 1. The van der Waals surface area contributed by atoms with E-state index in [2.05, 4.69) is 46.8 Å². The molecule has 3 aliphatic rings. The van der Waals surface area contributed by atoms with Crippen LogP contribution < -0.4 is 10.6 Å². The Morgan fingerprint density at radius 2 is 1.87 bits per heavy atom. The number of rotatable bonds is 8. The fourth-order valence-corrected chi connectivity index (χ4v) is 6.09. The number of amides is 1. The van der Waals surface area contributed by atoms with Crippen LogP contribution in [0, 0.1) is 13.8 Å². The van der Waals surface area contributed by atoms with Gasteiger partial charge in [0.2, 0.25) is 0 Å². The highest BCUT2D eigenvalue weighted by Crippen LogP contribution is 2.32. The number of carbonyl (C=O) groups is 1. The number of pyridine rings is 1. The third-order valence-electron chi connectivity index (χ3n) is 8.57. The summed E-state index contributed by atoms with van der Waals surface area (Å²) in [5.74, 6) is 0.856. The predicted octanol–water partition coefficient (Wildman–Crippen LogP) is 4.42. The van der Waals surface area contributed by atoms with Gasteiger partial charge in [-0.2, -0.15) is 0 Å². The van der Waals surface area contributed by atoms with Gasteiger partial charge in [-0.3, -0.25) is 4.79 Å². The summed E-state index contributed by atoms with van der Waals surface area (Å²) in [6.07, 6.45) is 8.14. The standard InChI is InChI=1S/C31H44N4O4/c1-21-7-9-23(10-8-21)28-6-4-5-25(39-28)19-33-30-22(2)26(11-15-32-30)31(36)35-16-12-24(13-17-35)34-27-14-18-38-20-29(27)37-3/h7-11,15,24-25,27-29,34H,4-6,12-14,16-20H2,1-3H3,(H,32,33). The number of nitrogens with zero attached hydrogens (tertiary/aromatic N) is 2. The fraction of sp³-hybridized carbons (Fsp3) is 0.613. The quantitative estimate of drug-likeness (QED) is 0.517. The van der Waals surface area contributed by atoms with E-state index in [0.717, 1.165) is 75.2 Å². The first-order chi connectivity index (χ1) is 19.0. The number of ether oxygens (including phenoxy) is 3. The van der Waals surface area contributed by atoms with Gasteiger partial charge in [0.1, 0.15) is 5.82 Å². The number of methoxy groups -OCH3 is 1. The van der Waals surface area contributed by atoms with Gasteiger partial charge in [-0.25, -0.2) is 4.98 Å². The van der Waals surface area contributed by atoms with Crippen LogP contribution >= 0.6 is 0 Å². The molecule has 2 N–H and O–H groups in total.